The molecule has 23 heavy (non-hydrogen) atoms. The van der Waals surface area contributed by atoms with Gasteiger partial charge in [0.25, 0.3) is 0 Å². The largest absolute Gasteiger partial charge is 0.341 e. The Morgan fingerprint density at radius 2 is 1.87 bits per heavy atom. The molecule has 1 aliphatic heterocycles. The Morgan fingerprint density at radius 3 is 2.61 bits per heavy atom. The van der Waals surface area contributed by atoms with Crippen LogP contribution in [-0.2, 0) is 11.2 Å². The summed E-state index contributed by atoms with van der Waals surface area (Å²) in [4.78, 5) is 13.9. The van der Waals surface area contributed by atoms with Crippen molar-refractivity contribution in [1.29, 1.82) is 0 Å². The fourth-order valence-corrected chi connectivity index (χ4v) is 2.52. The van der Waals surface area contributed by atoms with E-state index in [0.717, 1.165) is 25.6 Å². The Balaban J connectivity index is 0.00000264. The standard InChI is InChI=1S/C15H20F3N3O.ClH/c16-12-9-14(18)13(17)7-10(12)6-11(19)8-15(22)21-4-1-2-20-3-5-21;/h7,9,11,20H,1-6,8,19H2;1H/t11-;/m1./s1. The smallest absolute Gasteiger partial charge is 0.224 e. The highest BCUT2D eigenvalue weighted by atomic mass is 35.5. The predicted octanol–water partition coefficient (Wildman–Crippen LogP) is 1.61. The van der Waals surface area contributed by atoms with E-state index in [-0.39, 0.29) is 36.7 Å². The average Bonchev–Trinajstić information content (AvgIpc) is 2.73. The summed E-state index contributed by atoms with van der Waals surface area (Å²) in [7, 11) is 0. The Morgan fingerprint density at radius 1 is 1.17 bits per heavy atom. The van der Waals surface area contributed by atoms with E-state index in [1.165, 1.54) is 0 Å². The van der Waals surface area contributed by atoms with Crippen molar-refractivity contribution in [3.63, 3.8) is 0 Å². The SMILES string of the molecule is Cl.N[C@@H](CC(=O)N1CCCNCC1)Cc1cc(F)c(F)cc1F. The number of benzene rings is 1. The van der Waals surface area contributed by atoms with E-state index >= 15 is 0 Å². The summed E-state index contributed by atoms with van der Waals surface area (Å²) < 4.78 is 39.6. The van der Waals surface area contributed by atoms with Gasteiger partial charge in [0, 0.05) is 38.2 Å². The third kappa shape index (κ3) is 5.67. The first kappa shape index (κ1) is 19.7. The second kappa shape index (κ2) is 9.10. The zero-order valence-corrected chi connectivity index (χ0v) is 13.5. The molecule has 1 aromatic rings. The number of halogens is 4. The normalized spacial score (nSPS) is 16.4. The van der Waals surface area contributed by atoms with Gasteiger partial charge < -0.3 is 16.0 Å². The van der Waals surface area contributed by atoms with Crippen molar-refractivity contribution in [2.75, 3.05) is 26.2 Å². The molecule has 0 aliphatic carbocycles. The van der Waals surface area contributed by atoms with E-state index in [1.807, 2.05) is 0 Å². The number of nitrogens with zero attached hydrogens (tertiary/aromatic N) is 1. The summed E-state index contributed by atoms with van der Waals surface area (Å²) in [6, 6.07) is 0.660. The maximum absolute atomic E-state index is 13.6. The van der Waals surface area contributed by atoms with Gasteiger partial charge in [-0.25, -0.2) is 13.2 Å². The number of rotatable bonds is 4. The summed E-state index contributed by atoms with van der Waals surface area (Å²) in [5, 5.41) is 3.19. The topological polar surface area (TPSA) is 58.4 Å². The molecule has 1 fully saturated rings. The maximum atomic E-state index is 13.6. The Bertz CT molecular complexity index is 537. The highest BCUT2D eigenvalue weighted by Gasteiger charge is 2.20. The molecule has 1 atom stereocenters. The molecule has 1 aliphatic rings. The maximum Gasteiger partial charge on any atom is 0.224 e. The molecule has 0 unspecified atom stereocenters. The van der Waals surface area contributed by atoms with Crippen LogP contribution in [-0.4, -0.2) is 43.0 Å². The Labute approximate surface area is 139 Å². The molecule has 0 saturated carbocycles. The minimum absolute atomic E-state index is 0. The summed E-state index contributed by atoms with van der Waals surface area (Å²) in [5.74, 6) is -3.29. The molecule has 4 nitrogen and oxygen atoms in total. The first-order chi connectivity index (χ1) is 10.5. The number of nitrogens with one attached hydrogen (secondary N) is 1. The van der Waals surface area contributed by atoms with Crippen LogP contribution >= 0.6 is 12.4 Å². The van der Waals surface area contributed by atoms with Crippen LogP contribution in [0.5, 0.6) is 0 Å². The van der Waals surface area contributed by atoms with Crippen LogP contribution in [0.25, 0.3) is 0 Å². The van der Waals surface area contributed by atoms with Gasteiger partial charge in [-0.05, 0) is 31.0 Å². The van der Waals surface area contributed by atoms with Gasteiger partial charge >= 0.3 is 0 Å². The quantitative estimate of drug-likeness (QED) is 0.810. The molecule has 0 radical (unpaired) electrons. The lowest BCUT2D eigenvalue weighted by Gasteiger charge is -2.22. The number of hydrogen-bond donors (Lipinski definition) is 2. The number of nitrogens with two attached hydrogens (primary N) is 1. The fraction of sp³-hybridized carbons (Fsp3) is 0.533. The first-order valence-electron chi connectivity index (χ1n) is 7.35. The summed E-state index contributed by atoms with van der Waals surface area (Å²) >= 11 is 0. The molecule has 3 N–H and O–H groups in total. The summed E-state index contributed by atoms with van der Waals surface area (Å²) in [6.45, 7) is 2.89. The Kier molecular flexibility index (Phi) is 7.81. The molecule has 0 spiro atoms. The van der Waals surface area contributed by atoms with Crippen LogP contribution in [0, 0.1) is 17.5 Å². The van der Waals surface area contributed by atoms with Crippen LogP contribution < -0.4 is 11.1 Å². The van der Waals surface area contributed by atoms with E-state index in [9.17, 15) is 18.0 Å². The van der Waals surface area contributed by atoms with Gasteiger partial charge in [0.05, 0.1) is 0 Å². The van der Waals surface area contributed by atoms with Gasteiger partial charge in [-0.3, -0.25) is 4.79 Å². The van der Waals surface area contributed by atoms with Crippen LogP contribution in [0.15, 0.2) is 12.1 Å². The van der Waals surface area contributed by atoms with Crippen molar-refractivity contribution >= 4 is 18.3 Å². The number of carbonyl (C=O) groups excluding carboxylic acids is 1. The fourth-order valence-electron chi connectivity index (χ4n) is 2.52. The molecular formula is C15H21ClF3N3O. The Hall–Kier alpha value is -1.31. The first-order valence-corrected chi connectivity index (χ1v) is 7.35. The lowest BCUT2D eigenvalue weighted by Crippen LogP contribution is -2.38. The average molecular weight is 352 g/mol. The van der Waals surface area contributed by atoms with E-state index in [4.69, 9.17) is 5.73 Å². The molecule has 1 heterocycles. The third-order valence-electron chi connectivity index (χ3n) is 3.70. The second-order valence-electron chi connectivity index (χ2n) is 5.51. The molecule has 0 bridgehead atoms. The molecule has 1 amide bonds. The molecule has 8 heteroatoms. The lowest BCUT2D eigenvalue weighted by molar-refractivity contribution is -0.131. The van der Waals surface area contributed by atoms with E-state index < -0.39 is 23.5 Å². The van der Waals surface area contributed by atoms with Crippen molar-refractivity contribution in [3.8, 4) is 0 Å². The van der Waals surface area contributed by atoms with Crippen LogP contribution in [0.3, 0.4) is 0 Å². The molecule has 2 rings (SSSR count). The number of amides is 1. The second-order valence-corrected chi connectivity index (χ2v) is 5.51. The zero-order chi connectivity index (χ0) is 16.1. The van der Waals surface area contributed by atoms with Gasteiger partial charge in [-0.1, -0.05) is 0 Å². The third-order valence-corrected chi connectivity index (χ3v) is 3.70. The van der Waals surface area contributed by atoms with E-state index in [1.54, 1.807) is 4.90 Å². The zero-order valence-electron chi connectivity index (χ0n) is 12.7. The molecule has 1 saturated heterocycles. The molecule has 1 aromatic carbocycles. The summed E-state index contributed by atoms with van der Waals surface area (Å²) in [5.41, 5.74) is 5.85. The van der Waals surface area contributed by atoms with E-state index in [0.29, 0.717) is 19.2 Å². The predicted molar refractivity (Wildman–Crippen MR) is 83.9 cm³/mol. The molecular weight excluding hydrogens is 331 g/mol. The van der Waals surface area contributed by atoms with Crippen LogP contribution in [0.2, 0.25) is 0 Å². The van der Waals surface area contributed by atoms with Gasteiger partial charge in [-0.2, -0.15) is 0 Å². The number of carbonyl (C=O) groups is 1. The van der Waals surface area contributed by atoms with Gasteiger partial charge in [-0.15, -0.1) is 12.4 Å². The van der Waals surface area contributed by atoms with Crippen molar-refractivity contribution in [2.45, 2.75) is 25.3 Å². The lowest BCUT2D eigenvalue weighted by atomic mass is 10.0. The highest BCUT2D eigenvalue weighted by Crippen LogP contribution is 2.16. The van der Waals surface area contributed by atoms with Crippen LogP contribution in [0.1, 0.15) is 18.4 Å². The minimum Gasteiger partial charge on any atom is -0.341 e. The van der Waals surface area contributed by atoms with Gasteiger partial charge in [0.2, 0.25) is 5.91 Å². The monoisotopic (exact) mass is 351 g/mol. The van der Waals surface area contributed by atoms with Crippen LogP contribution in [0.4, 0.5) is 13.2 Å². The van der Waals surface area contributed by atoms with Gasteiger partial charge in [0.1, 0.15) is 5.82 Å². The van der Waals surface area contributed by atoms with Crippen molar-refractivity contribution in [2.24, 2.45) is 5.73 Å². The number of hydrogen-bond acceptors (Lipinski definition) is 3. The van der Waals surface area contributed by atoms with Crippen molar-refractivity contribution < 1.29 is 18.0 Å². The molecule has 0 aromatic heterocycles. The minimum atomic E-state index is -1.23. The van der Waals surface area contributed by atoms with Gasteiger partial charge in [0.15, 0.2) is 11.6 Å². The molecule has 130 valence electrons. The highest BCUT2D eigenvalue weighted by molar-refractivity contribution is 5.85. The van der Waals surface area contributed by atoms with E-state index in [2.05, 4.69) is 5.32 Å². The summed E-state index contributed by atoms with van der Waals surface area (Å²) in [6.07, 6.45) is 0.915. The van der Waals surface area contributed by atoms with Crippen molar-refractivity contribution in [1.82, 2.24) is 10.2 Å². The van der Waals surface area contributed by atoms with Crippen molar-refractivity contribution in [3.05, 3.63) is 35.1 Å².